The van der Waals surface area contributed by atoms with Gasteiger partial charge >= 0.3 is 6.09 Å². The summed E-state index contributed by atoms with van der Waals surface area (Å²) in [5, 5.41) is 0. The summed E-state index contributed by atoms with van der Waals surface area (Å²) in [7, 11) is 2.08. The average Bonchev–Trinajstić information content (AvgIpc) is 2.58. The Labute approximate surface area is 109 Å². The summed E-state index contributed by atoms with van der Waals surface area (Å²) in [4.78, 5) is 16.3. The van der Waals surface area contributed by atoms with Gasteiger partial charge in [0, 0.05) is 31.6 Å². The second-order valence-corrected chi connectivity index (χ2v) is 6.58. The summed E-state index contributed by atoms with van der Waals surface area (Å²) in [6.45, 7) is 8.30. The zero-order chi connectivity index (χ0) is 13.5. The van der Waals surface area contributed by atoms with E-state index in [-0.39, 0.29) is 18.2 Å². The van der Waals surface area contributed by atoms with Crippen molar-refractivity contribution in [3.63, 3.8) is 0 Å². The van der Waals surface area contributed by atoms with Gasteiger partial charge in [-0.1, -0.05) is 0 Å². The van der Waals surface area contributed by atoms with Crippen LogP contribution < -0.4 is 5.73 Å². The number of nitrogens with two attached hydrogens (primary N) is 1. The van der Waals surface area contributed by atoms with Gasteiger partial charge < -0.3 is 20.3 Å². The lowest BCUT2D eigenvalue weighted by molar-refractivity contribution is 0.00407. The molecule has 3 atom stereocenters. The largest absolute Gasteiger partial charge is 0.444 e. The van der Waals surface area contributed by atoms with Crippen LogP contribution in [0.1, 0.15) is 27.2 Å². The number of piperidine rings is 1. The van der Waals surface area contributed by atoms with Crippen molar-refractivity contribution in [1.82, 2.24) is 9.80 Å². The molecule has 1 amide bonds. The first-order chi connectivity index (χ1) is 8.28. The molecule has 0 aliphatic carbocycles. The Bertz CT molecular complexity index is 327. The third-order valence-electron chi connectivity index (χ3n) is 3.80. The molecule has 5 nitrogen and oxygen atoms in total. The second-order valence-electron chi connectivity index (χ2n) is 6.58. The molecule has 18 heavy (non-hydrogen) atoms. The fourth-order valence-electron chi connectivity index (χ4n) is 2.98. The highest BCUT2D eigenvalue weighted by molar-refractivity contribution is 5.69. The number of carbonyl (C=O) groups is 1. The van der Waals surface area contributed by atoms with Gasteiger partial charge in [-0.05, 0) is 34.2 Å². The van der Waals surface area contributed by atoms with Crippen molar-refractivity contribution < 1.29 is 9.53 Å². The summed E-state index contributed by atoms with van der Waals surface area (Å²) < 4.78 is 5.48. The minimum absolute atomic E-state index is 0.195. The lowest BCUT2D eigenvalue weighted by atomic mass is 9.88. The molecule has 3 unspecified atom stereocenters. The van der Waals surface area contributed by atoms with E-state index in [1.54, 1.807) is 0 Å². The molecule has 2 N–H and O–H groups in total. The number of hydrogen-bond acceptors (Lipinski definition) is 4. The minimum Gasteiger partial charge on any atom is -0.444 e. The number of likely N-dealkylation sites (tertiary alicyclic amines) is 2. The third-order valence-corrected chi connectivity index (χ3v) is 3.80. The summed E-state index contributed by atoms with van der Waals surface area (Å²) in [6, 6.07) is 0.423. The maximum absolute atomic E-state index is 12.2. The molecule has 0 spiro atoms. The van der Waals surface area contributed by atoms with Crippen molar-refractivity contribution in [2.24, 2.45) is 11.7 Å². The number of ether oxygens (including phenoxy) is 1. The molecule has 2 heterocycles. The number of amides is 1. The van der Waals surface area contributed by atoms with Crippen LogP contribution in [0.3, 0.4) is 0 Å². The molecule has 2 rings (SSSR count). The first-order valence-electron chi connectivity index (χ1n) is 6.71. The first-order valence-corrected chi connectivity index (χ1v) is 6.71. The van der Waals surface area contributed by atoms with Crippen molar-refractivity contribution >= 4 is 6.09 Å². The Kier molecular flexibility index (Phi) is 3.56. The maximum Gasteiger partial charge on any atom is 0.410 e. The Morgan fingerprint density at radius 3 is 2.61 bits per heavy atom. The van der Waals surface area contributed by atoms with Gasteiger partial charge in [-0.2, -0.15) is 0 Å². The van der Waals surface area contributed by atoms with Crippen molar-refractivity contribution in [2.45, 2.75) is 44.9 Å². The molecule has 5 heteroatoms. The normalized spacial score (nSPS) is 33.4. The summed E-state index contributed by atoms with van der Waals surface area (Å²) in [5.74, 6) is 0.385. The lowest BCUT2D eigenvalue weighted by Gasteiger charge is -2.40. The van der Waals surface area contributed by atoms with Crippen LogP contribution in [0.15, 0.2) is 0 Å². The molecular weight excluding hydrogens is 230 g/mol. The van der Waals surface area contributed by atoms with Crippen LogP contribution in [0.2, 0.25) is 0 Å². The zero-order valence-electron chi connectivity index (χ0n) is 11.8. The molecule has 2 fully saturated rings. The van der Waals surface area contributed by atoms with E-state index in [9.17, 15) is 4.79 Å². The van der Waals surface area contributed by atoms with Crippen LogP contribution in [0.5, 0.6) is 0 Å². The number of nitrogens with zero attached hydrogens (tertiary/aromatic N) is 2. The van der Waals surface area contributed by atoms with Crippen molar-refractivity contribution in [3.8, 4) is 0 Å². The van der Waals surface area contributed by atoms with Crippen LogP contribution in [0, 0.1) is 5.92 Å². The predicted octanol–water partition coefficient (Wildman–Crippen LogP) is 0.885. The molecule has 0 radical (unpaired) electrons. The number of likely N-dealkylation sites (N-methyl/N-ethyl adjacent to an activating group) is 1. The molecule has 0 aromatic heterocycles. The van der Waals surface area contributed by atoms with Crippen molar-refractivity contribution in [3.05, 3.63) is 0 Å². The Morgan fingerprint density at radius 2 is 2.00 bits per heavy atom. The van der Waals surface area contributed by atoms with E-state index < -0.39 is 5.60 Å². The average molecular weight is 255 g/mol. The number of fused-ring (bicyclic) bond motifs is 1. The molecule has 104 valence electrons. The molecular formula is C13H25N3O2. The monoisotopic (exact) mass is 255 g/mol. The highest BCUT2D eigenvalue weighted by Crippen LogP contribution is 2.30. The van der Waals surface area contributed by atoms with E-state index in [2.05, 4.69) is 11.9 Å². The van der Waals surface area contributed by atoms with E-state index in [1.807, 2.05) is 25.7 Å². The van der Waals surface area contributed by atoms with Crippen LogP contribution in [0.4, 0.5) is 4.79 Å². The van der Waals surface area contributed by atoms with Gasteiger partial charge in [-0.3, -0.25) is 0 Å². The van der Waals surface area contributed by atoms with Crippen LogP contribution in [-0.4, -0.2) is 60.3 Å². The van der Waals surface area contributed by atoms with Crippen molar-refractivity contribution in [2.75, 3.05) is 26.7 Å². The molecule has 0 saturated carbocycles. The summed E-state index contributed by atoms with van der Waals surface area (Å²) in [6.07, 6.45) is 0.675. The minimum atomic E-state index is -0.434. The van der Waals surface area contributed by atoms with Gasteiger partial charge in [-0.25, -0.2) is 4.79 Å². The number of carbonyl (C=O) groups excluding carboxylic acids is 1. The SMILES string of the molecule is CN1CC2C(N)CCN(C(=O)OC(C)(C)C)C2C1. The van der Waals surface area contributed by atoms with Crippen LogP contribution in [-0.2, 0) is 4.74 Å². The Balaban J connectivity index is 2.07. The van der Waals surface area contributed by atoms with E-state index in [0.717, 1.165) is 19.5 Å². The highest BCUT2D eigenvalue weighted by atomic mass is 16.6. The van der Waals surface area contributed by atoms with Gasteiger partial charge in [0.25, 0.3) is 0 Å². The predicted molar refractivity (Wildman–Crippen MR) is 70.3 cm³/mol. The Hall–Kier alpha value is -0.810. The van der Waals surface area contributed by atoms with Gasteiger partial charge in [0.05, 0.1) is 6.04 Å². The molecule has 0 aromatic carbocycles. The van der Waals surface area contributed by atoms with Gasteiger partial charge in [0.2, 0.25) is 0 Å². The van der Waals surface area contributed by atoms with Gasteiger partial charge in [0.1, 0.15) is 5.60 Å². The lowest BCUT2D eigenvalue weighted by Crippen LogP contribution is -2.56. The van der Waals surface area contributed by atoms with Crippen LogP contribution >= 0.6 is 0 Å². The van der Waals surface area contributed by atoms with Crippen molar-refractivity contribution in [1.29, 1.82) is 0 Å². The van der Waals surface area contributed by atoms with E-state index >= 15 is 0 Å². The van der Waals surface area contributed by atoms with Crippen LogP contribution in [0.25, 0.3) is 0 Å². The molecule has 2 aliphatic rings. The smallest absolute Gasteiger partial charge is 0.410 e. The number of rotatable bonds is 0. The second kappa shape index (κ2) is 4.70. The third kappa shape index (κ3) is 2.78. The van der Waals surface area contributed by atoms with E-state index in [0.29, 0.717) is 12.5 Å². The molecule has 0 bridgehead atoms. The van der Waals surface area contributed by atoms with E-state index in [1.165, 1.54) is 0 Å². The highest BCUT2D eigenvalue weighted by Gasteiger charge is 2.44. The summed E-state index contributed by atoms with van der Waals surface area (Å²) in [5.41, 5.74) is 5.73. The Morgan fingerprint density at radius 1 is 1.33 bits per heavy atom. The van der Waals surface area contributed by atoms with E-state index in [4.69, 9.17) is 10.5 Å². The fourth-order valence-corrected chi connectivity index (χ4v) is 2.98. The first kappa shape index (κ1) is 13.6. The molecule has 2 saturated heterocycles. The number of hydrogen-bond donors (Lipinski definition) is 1. The quantitative estimate of drug-likeness (QED) is 0.698. The fraction of sp³-hybridized carbons (Fsp3) is 0.923. The molecule has 0 aromatic rings. The standard InChI is InChI=1S/C13H25N3O2/c1-13(2,3)18-12(17)16-6-5-10(14)9-7-15(4)8-11(9)16/h9-11H,5-8,14H2,1-4H3. The summed E-state index contributed by atoms with van der Waals surface area (Å²) >= 11 is 0. The molecule has 2 aliphatic heterocycles. The maximum atomic E-state index is 12.2. The topological polar surface area (TPSA) is 58.8 Å². The van der Waals surface area contributed by atoms with Gasteiger partial charge in [-0.15, -0.1) is 0 Å². The van der Waals surface area contributed by atoms with Gasteiger partial charge in [0.15, 0.2) is 0 Å². The zero-order valence-corrected chi connectivity index (χ0v) is 11.8.